The number of aliphatic hydroxyl groups excluding tert-OH is 1. The van der Waals surface area contributed by atoms with Crippen molar-refractivity contribution in [3.05, 3.63) is 11.6 Å². The first-order valence-electron chi connectivity index (χ1n) is 2.80. The standard InChI is InChI=1S/C6H10OS/c7-5-6-1-3-8-4-2-6/h1,7H,2-5H2. The van der Waals surface area contributed by atoms with Crippen LogP contribution in [-0.4, -0.2) is 23.2 Å². The van der Waals surface area contributed by atoms with Gasteiger partial charge < -0.3 is 5.11 Å². The first-order chi connectivity index (χ1) is 3.93. The van der Waals surface area contributed by atoms with Gasteiger partial charge in [0.25, 0.3) is 0 Å². The van der Waals surface area contributed by atoms with Crippen LogP contribution in [0.15, 0.2) is 11.6 Å². The van der Waals surface area contributed by atoms with Crippen molar-refractivity contribution in [2.24, 2.45) is 0 Å². The molecule has 0 aliphatic carbocycles. The van der Waals surface area contributed by atoms with Gasteiger partial charge in [0.1, 0.15) is 0 Å². The highest BCUT2D eigenvalue weighted by Crippen LogP contribution is 2.15. The summed E-state index contributed by atoms with van der Waals surface area (Å²) in [5.74, 6) is 2.28. The Morgan fingerprint density at radius 1 is 1.75 bits per heavy atom. The molecule has 1 aliphatic rings. The Morgan fingerprint density at radius 2 is 2.62 bits per heavy atom. The first-order valence-corrected chi connectivity index (χ1v) is 3.95. The zero-order valence-corrected chi connectivity index (χ0v) is 5.58. The van der Waals surface area contributed by atoms with E-state index in [1.165, 1.54) is 11.3 Å². The number of hydrogen-bond acceptors (Lipinski definition) is 2. The molecule has 0 amide bonds. The van der Waals surface area contributed by atoms with Crippen LogP contribution in [0.1, 0.15) is 6.42 Å². The molecule has 1 nitrogen and oxygen atoms in total. The summed E-state index contributed by atoms with van der Waals surface area (Å²) in [4.78, 5) is 0. The maximum absolute atomic E-state index is 8.61. The molecule has 0 aromatic rings. The van der Waals surface area contributed by atoms with Crippen LogP contribution in [0.2, 0.25) is 0 Å². The van der Waals surface area contributed by atoms with Crippen LogP contribution in [0.4, 0.5) is 0 Å². The summed E-state index contributed by atoms with van der Waals surface area (Å²) in [5, 5.41) is 8.61. The molecule has 46 valence electrons. The van der Waals surface area contributed by atoms with Crippen molar-refractivity contribution in [1.29, 1.82) is 0 Å². The molecule has 0 saturated heterocycles. The van der Waals surface area contributed by atoms with Gasteiger partial charge in [-0.15, -0.1) is 0 Å². The number of thioether (sulfide) groups is 1. The van der Waals surface area contributed by atoms with E-state index in [0.717, 1.165) is 12.2 Å². The van der Waals surface area contributed by atoms with Crippen LogP contribution in [0.3, 0.4) is 0 Å². The fourth-order valence-electron chi connectivity index (χ4n) is 0.709. The van der Waals surface area contributed by atoms with Crippen LogP contribution in [0.5, 0.6) is 0 Å². The monoisotopic (exact) mass is 130 g/mol. The average Bonchev–Trinajstić information content (AvgIpc) is 1.90. The Kier molecular flexibility index (Phi) is 2.43. The minimum atomic E-state index is 0.264. The Bertz CT molecular complexity index is 98.7. The predicted octanol–water partition coefficient (Wildman–Crippen LogP) is 1.04. The van der Waals surface area contributed by atoms with Gasteiger partial charge in [-0.1, -0.05) is 6.08 Å². The van der Waals surface area contributed by atoms with E-state index >= 15 is 0 Å². The molecule has 0 aromatic heterocycles. The Hall–Kier alpha value is 0.0500. The molecule has 1 rings (SSSR count). The van der Waals surface area contributed by atoms with Crippen molar-refractivity contribution in [2.75, 3.05) is 18.1 Å². The molecule has 0 bridgehead atoms. The molecular weight excluding hydrogens is 120 g/mol. The number of aliphatic hydroxyl groups is 1. The molecule has 0 atom stereocenters. The molecule has 1 aliphatic heterocycles. The molecule has 0 saturated carbocycles. The van der Waals surface area contributed by atoms with Gasteiger partial charge in [0.15, 0.2) is 0 Å². The van der Waals surface area contributed by atoms with E-state index in [2.05, 4.69) is 6.08 Å². The highest BCUT2D eigenvalue weighted by molar-refractivity contribution is 7.99. The lowest BCUT2D eigenvalue weighted by atomic mass is 10.2. The van der Waals surface area contributed by atoms with Gasteiger partial charge in [0.05, 0.1) is 6.61 Å². The van der Waals surface area contributed by atoms with Crippen molar-refractivity contribution >= 4 is 11.8 Å². The topological polar surface area (TPSA) is 20.2 Å². The van der Waals surface area contributed by atoms with Crippen LogP contribution in [0, 0.1) is 0 Å². The molecule has 0 spiro atoms. The zero-order valence-electron chi connectivity index (χ0n) is 4.76. The van der Waals surface area contributed by atoms with Crippen molar-refractivity contribution in [1.82, 2.24) is 0 Å². The third kappa shape index (κ3) is 1.53. The molecule has 0 radical (unpaired) electrons. The van der Waals surface area contributed by atoms with E-state index in [9.17, 15) is 0 Å². The first kappa shape index (κ1) is 6.17. The van der Waals surface area contributed by atoms with Gasteiger partial charge in [-0.3, -0.25) is 0 Å². The van der Waals surface area contributed by atoms with E-state index < -0.39 is 0 Å². The fourth-order valence-corrected chi connectivity index (χ4v) is 1.64. The molecule has 0 unspecified atom stereocenters. The normalized spacial score (nSPS) is 20.4. The zero-order chi connectivity index (χ0) is 5.82. The van der Waals surface area contributed by atoms with Crippen molar-refractivity contribution in [3.8, 4) is 0 Å². The van der Waals surface area contributed by atoms with E-state index in [1.54, 1.807) is 0 Å². The Morgan fingerprint density at radius 3 is 3.00 bits per heavy atom. The van der Waals surface area contributed by atoms with Gasteiger partial charge in [0, 0.05) is 5.75 Å². The SMILES string of the molecule is OCC1=CCSCC1. The summed E-state index contributed by atoms with van der Waals surface area (Å²) in [6.07, 6.45) is 3.20. The second-order valence-electron chi connectivity index (χ2n) is 1.85. The van der Waals surface area contributed by atoms with Gasteiger partial charge in [-0.2, -0.15) is 11.8 Å². The average molecular weight is 130 g/mol. The molecule has 1 N–H and O–H groups in total. The Labute approximate surface area is 53.8 Å². The summed E-state index contributed by atoms with van der Waals surface area (Å²) < 4.78 is 0. The van der Waals surface area contributed by atoms with E-state index in [1.807, 2.05) is 11.8 Å². The number of hydrogen-bond donors (Lipinski definition) is 1. The van der Waals surface area contributed by atoms with Crippen molar-refractivity contribution in [2.45, 2.75) is 6.42 Å². The summed E-state index contributed by atoms with van der Waals surface area (Å²) in [6, 6.07) is 0. The maximum Gasteiger partial charge on any atom is 0.0642 e. The second-order valence-corrected chi connectivity index (χ2v) is 3.00. The molecule has 2 heteroatoms. The van der Waals surface area contributed by atoms with E-state index in [0.29, 0.717) is 0 Å². The lowest BCUT2D eigenvalue weighted by Crippen LogP contribution is -1.98. The number of rotatable bonds is 1. The lowest BCUT2D eigenvalue weighted by molar-refractivity contribution is 0.327. The van der Waals surface area contributed by atoms with E-state index in [-0.39, 0.29) is 6.61 Å². The molecule has 8 heavy (non-hydrogen) atoms. The van der Waals surface area contributed by atoms with Crippen molar-refractivity contribution in [3.63, 3.8) is 0 Å². The summed E-state index contributed by atoms with van der Waals surface area (Å²) in [5.41, 5.74) is 1.21. The van der Waals surface area contributed by atoms with Gasteiger partial charge in [-0.05, 0) is 17.7 Å². The quantitative estimate of drug-likeness (QED) is 0.535. The predicted molar refractivity (Wildman–Crippen MR) is 37.1 cm³/mol. The van der Waals surface area contributed by atoms with E-state index in [4.69, 9.17) is 5.11 Å². The Balaban J connectivity index is 2.37. The van der Waals surface area contributed by atoms with Gasteiger partial charge in [-0.25, -0.2) is 0 Å². The molecular formula is C6H10OS. The second kappa shape index (κ2) is 3.15. The largest absolute Gasteiger partial charge is 0.392 e. The molecule has 0 fully saturated rings. The maximum atomic E-state index is 8.61. The fraction of sp³-hybridized carbons (Fsp3) is 0.667. The summed E-state index contributed by atoms with van der Waals surface area (Å²) in [6.45, 7) is 0.264. The van der Waals surface area contributed by atoms with Gasteiger partial charge in [0.2, 0.25) is 0 Å². The minimum absolute atomic E-state index is 0.264. The van der Waals surface area contributed by atoms with Crippen LogP contribution in [0.25, 0.3) is 0 Å². The summed E-state index contributed by atoms with van der Waals surface area (Å²) >= 11 is 1.93. The van der Waals surface area contributed by atoms with Crippen LogP contribution >= 0.6 is 11.8 Å². The van der Waals surface area contributed by atoms with Crippen molar-refractivity contribution < 1.29 is 5.11 Å². The summed E-state index contributed by atoms with van der Waals surface area (Å²) in [7, 11) is 0. The minimum Gasteiger partial charge on any atom is -0.392 e. The highest BCUT2D eigenvalue weighted by atomic mass is 32.2. The van der Waals surface area contributed by atoms with Crippen LogP contribution in [-0.2, 0) is 0 Å². The third-order valence-corrected chi connectivity index (χ3v) is 2.16. The van der Waals surface area contributed by atoms with Crippen LogP contribution < -0.4 is 0 Å². The molecule has 0 aromatic carbocycles. The lowest BCUT2D eigenvalue weighted by Gasteiger charge is -2.08. The van der Waals surface area contributed by atoms with Gasteiger partial charge >= 0.3 is 0 Å². The highest BCUT2D eigenvalue weighted by Gasteiger charge is 1.99. The molecule has 1 heterocycles. The third-order valence-electron chi connectivity index (χ3n) is 1.26. The smallest absolute Gasteiger partial charge is 0.0642 e.